The summed E-state index contributed by atoms with van der Waals surface area (Å²) < 4.78 is 85.0. The molecule has 2 aliphatic heterocycles. The highest BCUT2D eigenvalue weighted by Gasteiger charge is 2.39. The standard InChI is InChI=1S/C20H17BrF4N2O4S/c21-17-3-2-15(10-16(17)20(23,24)25)32(29,30)26-7-5-14(6-8-26)27-18-4-1-13(22)9-12(18)11-31-19(27)28/h1-4,9-10,14H,5-8,11H2. The zero-order valence-corrected chi connectivity index (χ0v) is 18.8. The second-order valence-corrected chi connectivity index (χ2v) is 10.3. The topological polar surface area (TPSA) is 66.9 Å². The Bertz CT molecular complexity index is 1160. The highest BCUT2D eigenvalue weighted by molar-refractivity contribution is 9.10. The number of carbonyl (C=O) groups excluding carboxylic acids is 1. The average Bonchev–Trinajstić information content (AvgIpc) is 2.73. The summed E-state index contributed by atoms with van der Waals surface area (Å²) in [6.07, 6.45) is -4.83. The van der Waals surface area contributed by atoms with Gasteiger partial charge < -0.3 is 4.74 Å². The van der Waals surface area contributed by atoms with Gasteiger partial charge in [0.05, 0.1) is 16.1 Å². The van der Waals surface area contributed by atoms with Gasteiger partial charge in [0, 0.05) is 29.2 Å². The molecule has 0 N–H and O–H groups in total. The molecule has 1 saturated heterocycles. The van der Waals surface area contributed by atoms with Crippen LogP contribution in [0.4, 0.5) is 28.0 Å². The van der Waals surface area contributed by atoms with Gasteiger partial charge in [-0.15, -0.1) is 0 Å². The molecule has 0 unspecified atom stereocenters. The number of ether oxygens (including phenoxy) is 1. The first kappa shape index (κ1) is 23.0. The monoisotopic (exact) mass is 536 g/mol. The average molecular weight is 537 g/mol. The van der Waals surface area contributed by atoms with Crippen molar-refractivity contribution >= 4 is 37.7 Å². The first-order chi connectivity index (χ1) is 15.0. The van der Waals surface area contributed by atoms with Crippen LogP contribution in [-0.4, -0.2) is 37.9 Å². The van der Waals surface area contributed by atoms with Crippen LogP contribution >= 0.6 is 15.9 Å². The molecule has 0 atom stereocenters. The van der Waals surface area contributed by atoms with Crippen LogP contribution in [0.1, 0.15) is 24.0 Å². The Balaban J connectivity index is 1.54. The number of nitrogens with zero attached hydrogens (tertiary/aromatic N) is 2. The first-order valence-electron chi connectivity index (χ1n) is 9.60. The number of amides is 1. The highest BCUT2D eigenvalue weighted by Crippen LogP contribution is 2.37. The van der Waals surface area contributed by atoms with Gasteiger partial charge >= 0.3 is 12.3 Å². The van der Waals surface area contributed by atoms with Crippen molar-refractivity contribution in [3.63, 3.8) is 0 Å². The first-order valence-corrected chi connectivity index (χ1v) is 11.8. The van der Waals surface area contributed by atoms with Crippen LogP contribution in [0, 0.1) is 5.82 Å². The number of benzene rings is 2. The molecule has 2 aromatic rings. The number of hydrogen-bond acceptors (Lipinski definition) is 4. The third-order valence-electron chi connectivity index (χ3n) is 5.52. The van der Waals surface area contributed by atoms with Crippen molar-refractivity contribution in [1.82, 2.24) is 4.31 Å². The van der Waals surface area contributed by atoms with Crippen LogP contribution in [0.15, 0.2) is 45.8 Å². The quantitative estimate of drug-likeness (QED) is 0.522. The number of rotatable bonds is 3. The smallest absolute Gasteiger partial charge is 0.417 e. The minimum Gasteiger partial charge on any atom is -0.444 e. The van der Waals surface area contributed by atoms with Gasteiger partial charge in [0.25, 0.3) is 0 Å². The minimum atomic E-state index is -4.71. The summed E-state index contributed by atoms with van der Waals surface area (Å²) in [5.41, 5.74) is -0.0609. The number of halogens is 5. The lowest BCUT2D eigenvalue weighted by Gasteiger charge is -2.39. The van der Waals surface area contributed by atoms with E-state index < -0.39 is 44.6 Å². The summed E-state index contributed by atoms with van der Waals surface area (Å²) in [7, 11) is -4.17. The van der Waals surface area contributed by atoms with Gasteiger partial charge in [0.2, 0.25) is 10.0 Å². The molecule has 0 radical (unpaired) electrons. The van der Waals surface area contributed by atoms with Crippen LogP contribution in [0.5, 0.6) is 0 Å². The Labute approximate surface area is 189 Å². The van der Waals surface area contributed by atoms with E-state index in [0.29, 0.717) is 17.3 Å². The van der Waals surface area contributed by atoms with E-state index in [9.17, 15) is 30.8 Å². The molecule has 0 aromatic heterocycles. The third kappa shape index (κ3) is 4.23. The highest BCUT2D eigenvalue weighted by atomic mass is 79.9. The molecular formula is C20H17BrF4N2O4S. The molecule has 2 heterocycles. The number of anilines is 1. The lowest BCUT2D eigenvalue weighted by atomic mass is 10.0. The molecule has 172 valence electrons. The van der Waals surface area contributed by atoms with Crippen molar-refractivity contribution in [1.29, 1.82) is 0 Å². The van der Waals surface area contributed by atoms with Gasteiger partial charge in [-0.3, -0.25) is 4.90 Å². The van der Waals surface area contributed by atoms with Crippen LogP contribution in [0.3, 0.4) is 0 Å². The number of sulfonamides is 1. The number of fused-ring (bicyclic) bond motifs is 1. The lowest BCUT2D eigenvalue weighted by molar-refractivity contribution is -0.138. The van der Waals surface area contributed by atoms with Crippen molar-refractivity contribution in [2.45, 2.75) is 36.6 Å². The molecule has 0 aliphatic carbocycles. The van der Waals surface area contributed by atoms with E-state index in [1.54, 1.807) is 0 Å². The number of alkyl halides is 3. The van der Waals surface area contributed by atoms with Gasteiger partial charge in [-0.1, -0.05) is 15.9 Å². The Morgan fingerprint density at radius 2 is 1.75 bits per heavy atom. The molecule has 2 aromatic carbocycles. The Morgan fingerprint density at radius 3 is 2.41 bits per heavy atom. The van der Waals surface area contributed by atoms with Crippen molar-refractivity contribution in [2.24, 2.45) is 0 Å². The molecule has 12 heteroatoms. The maximum absolute atomic E-state index is 13.5. The number of carbonyl (C=O) groups is 1. The fourth-order valence-electron chi connectivity index (χ4n) is 3.93. The summed E-state index contributed by atoms with van der Waals surface area (Å²) in [6.45, 7) is -0.0454. The molecule has 0 saturated carbocycles. The SMILES string of the molecule is O=C1OCc2cc(F)ccc2N1C1CCN(S(=O)(=O)c2ccc(Br)c(C(F)(F)F)c2)CC1. The maximum atomic E-state index is 13.5. The van der Waals surface area contributed by atoms with Gasteiger partial charge in [0.15, 0.2) is 0 Å². The van der Waals surface area contributed by atoms with E-state index >= 15 is 0 Å². The van der Waals surface area contributed by atoms with Crippen LogP contribution in [0.25, 0.3) is 0 Å². The van der Waals surface area contributed by atoms with Crippen molar-refractivity contribution in [3.8, 4) is 0 Å². The molecule has 2 aliphatic rings. The van der Waals surface area contributed by atoms with Crippen LogP contribution in [0.2, 0.25) is 0 Å². The second kappa shape index (κ2) is 8.31. The second-order valence-electron chi connectivity index (χ2n) is 7.47. The normalized spacial score (nSPS) is 18.4. The summed E-state index contributed by atoms with van der Waals surface area (Å²) in [6, 6.07) is 6.38. The largest absolute Gasteiger partial charge is 0.444 e. The van der Waals surface area contributed by atoms with E-state index in [0.717, 1.165) is 16.4 Å². The van der Waals surface area contributed by atoms with Gasteiger partial charge in [-0.2, -0.15) is 17.5 Å². The van der Waals surface area contributed by atoms with Gasteiger partial charge in [-0.05, 0) is 49.2 Å². The number of hydrogen-bond donors (Lipinski definition) is 0. The number of cyclic esters (lactones) is 1. The summed E-state index contributed by atoms with van der Waals surface area (Å²) in [4.78, 5) is 13.3. The van der Waals surface area contributed by atoms with E-state index in [1.165, 1.54) is 23.1 Å². The predicted molar refractivity (Wildman–Crippen MR) is 110 cm³/mol. The molecule has 4 rings (SSSR count). The molecule has 0 spiro atoms. The molecule has 1 amide bonds. The molecule has 1 fully saturated rings. The Morgan fingerprint density at radius 1 is 1.06 bits per heavy atom. The summed E-state index contributed by atoms with van der Waals surface area (Å²) >= 11 is 2.80. The Kier molecular flexibility index (Phi) is 5.97. The molecular weight excluding hydrogens is 520 g/mol. The maximum Gasteiger partial charge on any atom is 0.417 e. The van der Waals surface area contributed by atoms with Crippen molar-refractivity contribution in [2.75, 3.05) is 18.0 Å². The predicted octanol–water partition coefficient (Wildman–Crippen LogP) is 4.92. The van der Waals surface area contributed by atoms with Gasteiger partial charge in [0.1, 0.15) is 12.4 Å². The lowest BCUT2D eigenvalue weighted by Crippen LogP contribution is -2.50. The zero-order chi connectivity index (χ0) is 23.3. The fourth-order valence-corrected chi connectivity index (χ4v) is 5.90. The summed E-state index contributed by atoms with van der Waals surface area (Å²) in [5.74, 6) is -0.463. The third-order valence-corrected chi connectivity index (χ3v) is 8.10. The number of piperidine rings is 1. The molecule has 0 bridgehead atoms. The molecule has 6 nitrogen and oxygen atoms in total. The van der Waals surface area contributed by atoms with Crippen molar-refractivity contribution < 1.29 is 35.5 Å². The minimum absolute atomic E-state index is 0.00469. The van der Waals surface area contributed by atoms with Crippen molar-refractivity contribution in [3.05, 3.63) is 57.8 Å². The van der Waals surface area contributed by atoms with Crippen LogP contribution in [-0.2, 0) is 27.5 Å². The van der Waals surface area contributed by atoms with E-state index in [-0.39, 0.29) is 37.0 Å². The summed E-state index contributed by atoms with van der Waals surface area (Å²) in [5, 5.41) is 0. The van der Waals surface area contributed by atoms with E-state index in [2.05, 4.69) is 15.9 Å². The Hall–Kier alpha value is -2.18. The van der Waals surface area contributed by atoms with E-state index in [1.807, 2.05) is 0 Å². The van der Waals surface area contributed by atoms with Crippen LogP contribution < -0.4 is 4.90 Å². The molecule has 32 heavy (non-hydrogen) atoms. The van der Waals surface area contributed by atoms with Gasteiger partial charge in [-0.25, -0.2) is 17.6 Å². The zero-order valence-electron chi connectivity index (χ0n) is 16.4. The van der Waals surface area contributed by atoms with E-state index in [4.69, 9.17) is 4.74 Å². The fraction of sp³-hybridized carbons (Fsp3) is 0.350.